The predicted molar refractivity (Wildman–Crippen MR) is 146 cm³/mol. The second kappa shape index (κ2) is 9.91. The molecule has 32 heavy (non-hydrogen) atoms. The standard InChI is InChI=1S/C22H7Cl9S/c23-12-5-18(29)15(26)1-8(12)9-4-21(10-2-16(27)19(30)6-13(10)24)32-22(9)11-3-17(28)20(31)7-14(11)25/h1-7H. The van der Waals surface area contributed by atoms with Gasteiger partial charge in [-0.3, -0.25) is 0 Å². The van der Waals surface area contributed by atoms with Crippen molar-refractivity contribution < 1.29 is 0 Å². The van der Waals surface area contributed by atoms with Gasteiger partial charge in [-0.2, -0.15) is 0 Å². The highest BCUT2D eigenvalue weighted by molar-refractivity contribution is 7.19. The van der Waals surface area contributed by atoms with E-state index in [4.69, 9.17) is 104 Å². The summed E-state index contributed by atoms with van der Waals surface area (Å²) < 4.78 is 0. The molecule has 164 valence electrons. The lowest BCUT2D eigenvalue weighted by Gasteiger charge is -2.10. The Bertz CT molecular complexity index is 1300. The van der Waals surface area contributed by atoms with E-state index in [2.05, 4.69) is 0 Å². The third kappa shape index (κ3) is 4.86. The average molecular weight is 622 g/mol. The van der Waals surface area contributed by atoms with E-state index >= 15 is 0 Å². The van der Waals surface area contributed by atoms with E-state index in [-0.39, 0.29) is 0 Å². The largest absolute Gasteiger partial charge is 0.134 e. The highest BCUT2D eigenvalue weighted by atomic mass is 35.5. The molecule has 4 rings (SSSR count). The molecule has 0 saturated carbocycles. The molecule has 0 fully saturated rings. The molecule has 0 spiro atoms. The number of hydrogen-bond donors (Lipinski definition) is 0. The zero-order chi connectivity index (χ0) is 23.3. The van der Waals surface area contributed by atoms with Crippen LogP contribution in [0, 0.1) is 0 Å². The SMILES string of the molecule is Clc1cc(Cl)c(-c2cc(-c3cc(Cl)c(Cl)cc3Cl)c(-c3cc(Cl)c(Cl)cc3Cl)s2)cc1Cl. The lowest BCUT2D eigenvalue weighted by atomic mass is 10.0. The minimum Gasteiger partial charge on any atom is -0.134 e. The molecule has 0 atom stereocenters. The van der Waals surface area contributed by atoms with Gasteiger partial charge in [0.25, 0.3) is 0 Å². The first-order valence-corrected chi connectivity index (χ1v) is 12.9. The summed E-state index contributed by atoms with van der Waals surface area (Å²) in [4.78, 5) is 1.59. The fourth-order valence-corrected chi connectivity index (χ4v) is 6.34. The van der Waals surface area contributed by atoms with Gasteiger partial charge in [0, 0.05) is 32.0 Å². The maximum Gasteiger partial charge on any atom is 0.0607 e. The normalized spacial score (nSPS) is 11.3. The molecular weight excluding hydrogens is 615 g/mol. The van der Waals surface area contributed by atoms with Gasteiger partial charge in [-0.05, 0) is 42.5 Å². The maximum atomic E-state index is 6.54. The van der Waals surface area contributed by atoms with E-state index in [0.29, 0.717) is 61.9 Å². The van der Waals surface area contributed by atoms with Crippen molar-refractivity contribution in [2.24, 2.45) is 0 Å². The summed E-state index contributed by atoms with van der Waals surface area (Å²) in [5.74, 6) is 0. The molecule has 0 aliphatic carbocycles. The molecule has 3 aromatic carbocycles. The van der Waals surface area contributed by atoms with Crippen molar-refractivity contribution in [3.63, 3.8) is 0 Å². The van der Waals surface area contributed by atoms with Crippen LogP contribution in [0.2, 0.25) is 45.2 Å². The smallest absolute Gasteiger partial charge is 0.0607 e. The molecular formula is C22H7Cl9S. The van der Waals surface area contributed by atoms with Gasteiger partial charge in [-0.15, -0.1) is 11.3 Å². The molecule has 0 bridgehead atoms. The first-order chi connectivity index (χ1) is 15.1. The predicted octanol–water partition coefficient (Wildman–Crippen LogP) is 12.6. The second-order valence-electron chi connectivity index (χ2n) is 6.59. The third-order valence-corrected chi connectivity index (χ3v) is 8.87. The van der Waals surface area contributed by atoms with Crippen molar-refractivity contribution in [1.29, 1.82) is 0 Å². The quantitative estimate of drug-likeness (QED) is 0.200. The zero-order valence-electron chi connectivity index (χ0n) is 15.4. The van der Waals surface area contributed by atoms with Gasteiger partial charge in [-0.25, -0.2) is 0 Å². The van der Waals surface area contributed by atoms with Crippen molar-refractivity contribution in [2.45, 2.75) is 0 Å². The molecule has 0 saturated heterocycles. The van der Waals surface area contributed by atoms with Gasteiger partial charge in [-0.1, -0.05) is 104 Å². The van der Waals surface area contributed by atoms with Crippen molar-refractivity contribution in [1.82, 2.24) is 0 Å². The van der Waals surface area contributed by atoms with Crippen LogP contribution >= 0.6 is 116 Å². The summed E-state index contributed by atoms with van der Waals surface area (Å²) in [6.45, 7) is 0. The third-order valence-electron chi connectivity index (χ3n) is 4.56. The molecule has 1 heterocycles. The van der Waals surface area contributed by atoms with Gasteiger partial charge in [0.05, 0.1) is 45.2 Å². The highest BCUT2D eigenvalue weighted by Gasteiger charge is 2.22. The fourth-order valence-electron chi connectivity index (χ4n) is 3.06. The first kappa shape index (κ1) is 25.1. The van der Waals surface area contributed by atoms with E-state index in [1.807, 2.05) is 6.07 Å². The molecule has 4 aromatic rings. The topological polar surface area (TPSA) is 0 Å². The molecule has 0 radical (unpaired) electrons. The summed E-state index contributed by atoms with van der Waals surface area (Å²) in [6, 6.07) is 11.8. The van der Waals surface area contributed by atoms with Crippen molar-refractivity contribution in [2.75, 3.05) is 0 Å². The summed E-state index contributed by atoms with van der Waals surface area (Å²) in [5, 5.41) is 3.43. The minimum absolute atomic E-state index is 0.345. The number of hydrogen-bond acceptors (Lipinski definition) is 1. The summed E-state index contributed by atoms with van der Waals surface area (Å²) >= 11 is 58.2. The van der Waals surface area contributed by atoms with Gasteiger partial charge in [0.1, 0.15) is 0 Å². The summed E-state index contributed by atoms with van der Waals surface area (Å²) in [5.41, 5.74) is 2.80. The van der Waals surface area contributed by atoms with Gasteiger partial charge in [0.2, 0.25) is 0 Å². The molecule has 0 aliphatic heterocycles. The number of rotatable bonds is 3. The molecule has 0 aliphatic rings. The Kier molecular flexibility index (Phi) is 7.77. The van der Waals surface area contributed by atoms with E-state index in [1.54, 1.807) is 36.4 Å². The van der Waals surface area contributed by atoms with E-state index in [0.717, 1.165) is 15.3 Å². The minimum atomic E-state index is 0.345. The van der Waals surface area contributed by atoms with Crippen LogP contribution in [0.4, 0.5) is 0 Å². The average Bonchev–Trinajstić information content (AvgIpc) is 3.14. The first-order valence-electron chi connectivity index (χ1n) is 8.65. The molecule has 0 nitrogen and oxygen atoms in total. The monoisotopic (exact) mass is 618 g/mol. The lowest BCUT2D eigenvalue weighted by molar-refractivity contribution is 1.64. The Labute approximate surface area is 233 Å². The van der Waals surface area contributed by atoms with Crippen LogP contribution in [0.5, 0.6) is 0 Å². The maximum absolute atomic E-state index is 6.54. The van der Waals surface area contributed by atoms with Crippen LogP contribution in [0.15, 0.2) is 42.5 Å². The Morgan fingerprint density at radius 3 is 1.25 bits per heavy atom. The Hall–Kier alpha value is -0.0300. The highest BCUT2D eigenvalue weighted by Crippen LogP contribution is 2.50. The van der Waals surface area contributed by atoms with Crippen molar-refractivity contribution in [3.05, 3.63) is 87.7 Å². The van der Waals surface area contributed by atoms with Crippen LogP contribution < -0.4 is 0 Å². The molecule has 0 unspecified atom stereocenters. The molecule has 0 amide bonds. The van der Waals surface area contributed by atoms with Crippen LogP contribution in [-0.4, -0.2) is 0 Å². The molecule has 1 aromatic heterocycles. The van der Waals surface area contributed by atoms with Crippen molar-refractivity contribution >= 4 is 116 Å². The Morgan fingerprint density at radius 1 is 0.344 bits per heavy atom. The number of halogens is 9. The van der Waals surface area contributed by atoms with Gasteiger partial charge in [0.15, 0.2) is 0 Å². The Balaban J connectivity index is 2.04. The molecule has 10 heteroatoms. The van der Waals surface area contributed by atoms with Crippen LogP contribution in [-0.2, 0) is 0 Å². The van der Waals surface area contributed by atoms with E-state index in [9.17, 15) is 0 Å². The fraction of sp³-hybridized carbons (Fsp3) is 0. The Morgan fingerprint density at radius 2 is 0.719 bits per heavy atom. The summed E-state index contributed by atoms with van der Waals surface area (Å²) in [6.07, 6.45) is 0. The number of benzene rings is 3. The van der Waals surface area contributed by atoms with Crippen LogP contribution in [0.25, 0.3) is 32.0 Å². The van der Waals surface area contributed by atoms with E-state index < -0.39 is 0 Å². The van der Waals surface area contributed by atoms with Crippen LogP contribution in [0.3, 0.4) is 0 Å². The zero-order valence-corrected chi connectivity index (χ0v) is 23.0. The van der Waals surface area contributed by atoms with Crippen LogP contribution in [0.1, 0.15) is 0 Å². The van der Waals surface area contributed by atoms with E-state index in [1.165, 1.54) is 11.3 Å². The lowest BCUT2D eigenvalue weighted by Crippen LogP contribution is -1.84. The molecule has 0 N–H and O–H groups in total. The summed E-state index contributed by atoms with van der Waals surface area (Å²) in [7, 11) is 0. The van der Waals surface area contributed by atoms with Crippen molar-refractivity contribution in [3.8, 4) is 32.0 Å². The van der Waals surface area contributed by atoms with Gasteiger partial charge >= 0.3 is 0 Å². The number of thiophene rings is 1. The second-order valence-corrected chi connectivity index (χ2v) is 11.3. The van der Waals surface area contributed by atoms with Gasteiger partial charge < -0.3 is 0 Å².